The lowest BCUT2D eigenvalue weighted by Crippen LogP contribution is -2.25. The van der Waals surface area contributed by atoms with E-state index < -0.39 is 0 Å². The summed E-state index contributed by atoms with van der Waals surface area (Å²) in [6.45, 7) is 0.767. The number of carbonyl (C=O) groups excluding carboxylic acids is 1. The minimum absolute atomic E-state index is 0. The lowest BCUT2D eigenvalue weighted by atomic mass is 10.2. The first-order chi connectivity index (χ1) is 10.7. The van der Waals surface area contributed by atoms with Crippen molar-refractivity contribution in [1.29, 1.82) is 0 Å². The van der Waals surface area contributed by atoms with Crippen LogP contribution in [0.4, 0.5) is 0 Å². The van der Waals surface area contributed by atoms with Gasteiger partial charge in [0.1, 0.15) is 11.5 Å². The molecular formula is C16H20ClN3O3. The highest BCUT2D eigenvalue weighted by Crippen LogP contribution is 2.23. The second kappa shape index (κ2) is 9.66. The summed E-state index contributed by atoms with van der Waals surface area (Å²) in [5, 5.41) is 2.77. The summed E-state index contributed by atoms with van der Waals surface area (Å²) in [5.41, 5.74) is 6.21. The largest absolute Gasteiger partial charge is 0.497 e. The number of nitrogens with two attached hydrogens (primary N) is 1. The zero-order chi connectivity index (χ0) is 15.8. The van der Waals surface area contributed by atoms with Gasteiger partial charge in [-0.25, -0.2) is 4.98 Å². The van der Waals surface area contributed by atoms with Crippen LogP contribution < -0.4 is 20.5 Å². The molecule has 0 bridgehead atoms. The predicted molar refractivity (Wildman–Crippen MR) is 90.1 cm³/mol. The maximum absolute atomic E-state index is 11.3. The average Bonchev–Trinajstić information content (AvgIpc) is 2.55. The third-order valence-electron chi connectivity index (χ3n) is 2.92. The third kappa shape index (κ3) is 6.14. The zero-order valence-electron chi connectivity index (χ0n) is 12.8. The standard InChI is InChI=1S/C16H19N3O3.ClH/c1-21-13-3-2-4-14(9-13)22-16-6-5-12(11-19-16)10-18-15(20)7-8-17;/h2-6,9,11H,7-8,10,17H2,1H3,(H,18,20);1H. The van der Waals surface area contributed by atoms with Gasteiger partial charge in [0.2, 0.25) is 11.8 Å². The van der Waals surface area contributed by atoms with Crippen molar-refractivity contribution in [2.45, 2.75) is 13.0 Å². The highest BCUT2D eigenvalue weighted by molar-refractivity contribution is 5.85. The van der Waals surface area contributed by atoms with Gasteiger partial charge in [-0.05, 0) is 17.7 Å². The Kier molecular flexibility index (Phi) is 7.87. The number of carbonyl (C=O) groups is 1. The maximum Gasteiger partial charge on any atom is 0.221 e. The Labute approximate surface area is 141 Å². The minimum Gasteiger partial charge on any atom is -0.497 e. The number of nitrogens with one attached hydrogen (secondary N) is 1. The molecule has 1 amide bonds. The van der Waals surface area contributed by atoms with Crippen LogP contribution in [-0.4, -0.2) is 24.5 Å². The van der Waals surface area contributed by atoms with Crippen LogP contribution in [0.25, 0.3) is 0 Å². The quantitative estimate of drug-likeness (QED) is 0.809. The maximum atomic E-state index is 11.3. The average molecular weight is 338 g/mol. The molecule has 6 nitrogen and oxygen atoms in total. The van der Waals surface area contributed by atoms with Gasteiger partial charge in [0, 0.05) is 37.8 Å². The molecule has 0 fully saturated rings. The van der Waals surface area contributed by atoms with E-state index in [9.17, 15) is 4.79 Å². The molecule has 124 valence electrons. The molecule has 0 aliphatic carbocycles. The molecule has 0 unspecified atom stereocenters. The molecular weight excluding hydrogens is 318 g/mol. The van der Waals surface area contributed by atoms with E-state index in [1.807, 2.05) is 24.3 Å². The summed E-state index contributed by atoms with van der Waals surface area (Å²) in [6.07, 6.45) is 1.99. The van der Waals surface area contributed by atoms with Crippen molar-refractivity contribution >= 4 is 18.3 Å². The SMILES string of the molecule is COc1cccc(Oc2ccc(CNC(=O)CCN)cn2)c1.Cl. The van der Waals surface area contributed by atoms with E-state index in [2.05, 4.69) is 10.3 Å². The fourth-order valence-corrected chi connectivity index (χ4v) is 1.78. The predicted octanol–water partition coefficient (Wildman–Crippen LogP) is 2.27. The molecule has 2 aromatic rings. The van der Waals surface area contributed by atoms with Gasteiger partial charge in [-0.2, -0.15) is 0 Å². The molecule has 3 N–H and O–H groups in total. The number of halogens is 1. The highest BCUT2D eigenvalue weighted by Gasteiger charge is 2.03. The fourth-order valence-electron chi connectivity index (χ4n) is 1.78. The van der Waals surface area contributed by atoms with Crippen LogP contribution in [-0.2, 0) is 11.3 Å². The normalized spacial score (nSPS) is 9.65. The Morgan fingerprint density at radius 1 is 1.26 bits per heavy atom. The van der Waals surface area contributed by atoms with Crippen LogP contribution in [0, 0.1) is 0 Å². The molecule has 0 aliphatic rings. The number of benzene rings is 1. The number of nitrogens with zero attached hydrogens (tertiary/aromatic N) is 1. The van der Waals surface area contributed by atoms with E-state index in [1.54, 1.807) is 25.4 Å². The molecule has 0 spiro atoms. The summed E-state index contributed by atoms with van der Waals surface area (Å²) >= 11 is 0. The summed E-state index contributed by atoms with van der Waals surface area (Å²) in [4.78, 5) is 15.6. The first-order valence-electron chi connectivity index (χ1n) is 6.95. The number of hydrogen-bond acceptors (Lipinski definition) is 5. The number of rotatable bonds is 7. The Morgan fingerprint density at radius 3 is 2.70 bits per heavy atom. The molecule has 0 saturated heterocycles. The molecule has 2 rings (SSSR count). The van der Waals surface area contributed by atoms with Gasteiger partial charge in [-0.1, -0.05) is 12.1 Å². The van der Waals surface area contributed by atoms with Crippen molar-refractivity contribution in [2.24, 2.45) is 5.73 Å². The van der Waals surface area contributed by atoms with Gasteiger partial charge in [0.25, 0.3) is 0 Å². The summed E-state index contributed by atoms with van der Waals surface area (Å²) < 4.78 is 10.8. The van der Waals surface area contributed by atoms with Crippen LogP contribution >= 0.6 is 12.4 Å². The van der Waals surface area contributed by atoms with E-state index in [1.165, 1.54) is 0 Å². The first-order valence-corrected chi connectivity index (χ1v) is 6.95. The topological polar surface area (TPSA) is 86.5 Å². The van der Waals surface area contributed by atoms with E-state index in [4.69, 9.17) is 15.2 Å². The number of hydrogen-bond donors (Lipinski definition) is 2. The molecule has 1 heterocycles. The van der Waals surface area contributed by atoms with Gasteiger partial charge >= 0.3 is 0 Å². The lowest BCUT2D eigenvalue weighted by molar-refractivity contribution is -0.121. The molecule has 23 heavy (non-hydrogen) atoms. The highest BCUT2D eigenvalue weighted by atomic mass is 35.5. The lowest BCUT2D eigenvalue weighted by Gasteiger charge is -2.08. The number of amides is 1. The first kappa shape index (κ1) is 18.7. The van der Waals surface area contributed by atoms with Crippen LogP contribution in [0.2, 0.25) is 0 Å². The third-order valence-corrected chi connectivity index (χ3v) is 2.92. The smallest absolute Gasteiger partial charge is 0.221 e. The molecule has 0 saturated carbocycles. The van der Waals surface area contributed by atoms with Crippen LogP contribution in [0.15, 0.2) is 42.6 Å². The number of pyridine rings is 1. The number of methoxy groups -OCH3 is 1. The summed E-state index contributed by atoms with van der Waals surface area (Å²) in [6, 6.07) is 10.9. The molecule has 0 atom stereocenters. The van der Waals surface area contributed by atoms with Crippen molar-refractivity contribution in [1.82, 2.24) is 10.3 Å². The molecule has 1 aromatic carbocycles. The van der Waals surface area contributed by atoms with Gasteiger partial charge in [0.05, 0.1) is 7.11 Å². The van der Waals surface area contributed by atoms with Crippen LogP contribution in [0.3, 0.4) is 0 Å². The van der Waals surface area contributed by atoms with Crippen molar-refractivity contribution in [3.8, 4) is 17.4 Å². The van der Waals surface area contributed by atoms with Gasteiger partial charge in [-0.3, -0.25) is 4.79 Å². The summed E-state index contributed by atoms with van der Waals surface area (Å²) in [7, 11) is 1.60. The molecule has 1 aromatic heterocycles. The number of aromatic nitrogens is 1. The van der Waals surface area contributed by atoms with Crippen molar-refractivity contribution in [3.05, 3.63) is 48.2 Å². The van der Waals surface area contributed by atoms with Gasteiger partial charge in [0.15, 0.2) is 0 Å². The van der Waals surface area contributed by atoms with Crippen LogP contribution in [0.5, 0.6) is 17.4 Å². The Balaban J connectivity index is 0.00000264. The van der Waals surface area contributed by atoms with Crippen LogP contribution in [0.1, 0.15) is 12.0 Å². The summed E-state index contributed by atoms with van der Waals surface area (Å²) in [5.74, 6) is 1.78. The van der Waals surface area contributed by atoms with Crippen molar-refractivity contribution in [3.63, 3.8) is 0 Å². The van der Waals surface area contributed by atoms with E-state index >= 15 is 0 Å². The monoisotopic (exact) mass is 337 g/mol. The molecule has 0 radical (unpaired) electrons. The van der Waals surface area contributed by atoms with E-state index in [0.29, 0.717) is 31.1 Å². The zero-order valence-corrected chi connectivity index (χ0v) is 13.6. The van der Waals surface area contributed by atoms with Crippen molar-refractivity contribution in [2.75, 3.05) is 13.7 Å². The molecule has 0 aliphatic heterocycles. The number of ether oxygens (including phenoxy) is 2. The van der Waals surface area contributed by atoms with E-state index in [0.717, 1.165) is 11.3 Å². The second-order valence-electron chi connectivity index (χ2n) is 4.60. The van der Waals surface area contributed by atoms with E-state index in [-0.39, 0.29) is 18.3 Å². The fraction of sp³-hybridized carbons (Fsp3) is 0.250. The minimum atomic E-state index is -0.0702. The Hall–Kier alpha value is -2.31. The Bertz CT molecular complexity index is 620. The molecule has 7 heteroatoms. The van der Waals surface area contributed by atoms with Gasteiger partial charge < -0.3 is 20.5 Å². The van der Waals surface area contributed by atoms with Crippen molar-refractivity contribution < 1.29 is 14.3 Å². The Morgan fingerprint density at radius 2 is 2.04 bits per heavy atom. The van der Waals surface area contributed by atoms with Gasteiger partial charge in [-0.15, -0.1) is 12.4 Å². The second-order valence-corrected chi connectivity index (χ2v) is 4.60.